The zero-order valence-electron chi connectivity index (χ0n) is 14.0. The van der Waals surface area contributed by atoms with Gasteiger partial charge in [0, 0.05) is 21.5 Å². The van der Waals surface area contributed by atoms with Crippen molar-refractivity contribution in [3.8, 4) is 11.3 Å². The standard InChI is InChI=1S/C19H16BrClN2O3/c1-12-17(18(26-23-12)14-6-8-15(20)9-7-14)22-19(24)25-11-10-13-4-2-3-5-16(13)21/h2-9H,10-11H2,1H3,(H,22,24). The highest BCUT2D eigenvalue weighted by Crippen LogP contribution is 2.31. The molecule has 134 valence electrons. The number of aryl methyl sites for hydroxylation is 1. The van der Waals surface area contributed by atoms with Crippen molar-refractivity contribution in [3.05, 3.63) is 69.3 Å². The molecule has 0 atom stereocenters. The molecule has 3 rings (SSSR count). The number of ether oxygens (including phenoxy) is 1. The third-order valence-electron chi connectivity index (χ3n) is 3.76. The Bertz CT molecular complexity index is 909. The minimum Gasteiger partial charge on any atom is -0.449 e. The second-order valence-corrected chi connectivity index (χ2v) is 6.90. The SMILES string of the molecule is Cc1noc(-c2ccc(Br)cc2)c1NC(=O)OCCc1ccccc1Cl. The van der Waals surface area contributed by atoms with Crippen molar-refractivity contribution < 1.29 is 14.1 Å². The molecule has 0 spiro atoms. The van der Waals surface area contributed by atoms with E-state index in [2.05, 4.69) is 26.4 Å². The Kier molecular flexibility index (Phi) is 5.96. The first kappa shape index (κ1) is 18.5. The summed E-state index contributed by atoms with van der Waals surface area (Å²) in [5.41, 5.74) is 2.81. The van der Waals surface area contributed by atoms with Gasteiger partial charge in [0.1, 0.15) is 11.4 Å². The van der Waals surface area contributed by atoms with Crippen molar-refractivity contribution in [2.24, 2.45) is 0 Å². The van der Waals surface area contributed by atoms with E-state index < -0.39 is 6.09 Å². The van der Waals surface area contributed by atoms with Crippen LogP contribution in [-0.4, -0.2) is 17.9 Å². The van der Waals surface area contributed by atoms with Crippen LogP contribution >= 0.6 is 27.5 Å². The molecule has 1 amide bonds. The van der Waals surface area contributed by atoms with Crippen molar-refractivity contribution in [1.82, 2.24) is 5.16 Å². The molecular formula is C19H16BrClN2O3. The van der Waals surface area contributed by atoms with Crippen LogP contribution in [0, 0.1) is 6.92 Å². The summed E-state index contributed by atoms with van der Waals surface area (Å²) in [6.07, 6.45) is -0.0309. The van der Waals surface area contributed by atoms with Gasteiger partial charge in [-0.3, -0.25) is 5.32 Å². The fraction of sp³-hybridized carbons (Fsp3) is 0.158. The number of hydrogen-bond acceptors (Lipinski definition) is 4. The number of aromatic nitrogens is 1. The number of nitrogens with zero attached hydrogens (tertiary/aromatic N) is 1. The lowest BCUT2D eigenvalue weighted by Crippen LogP contribution is -2.16. The van der Waals surface area contributed by atoms with Crippen LogP contribution in [0.4, 0.5) is 10.5 Å². The molecule has 1 heterocycles. The molecule has 0 aliphatic carbocycles. The van der Waals surface area contributed by atoms with Gasteiger partial charge in [-0.05, 0) is 42.8 Å². The highest BCUT2D eigenvalue weighted by atomic mass is 79.9. The van der Waals surface area contributed by atoms with Gasteiger partial charge in [0.25, 0.3) is 0 Å². The predicted octanol–water partition coefficient (Wildman–Crippen LogP) is 5.86. The van der Waals surface area contributed by atoms with Gasteiger partial charge in [-0.25, -0.2) is 4.79 Å². The average Bonchev–Trinajstić information content (AvgIpc) is 2.98. The van der Waals surface area contributed by atoms with Crippen LogP contribution in [0.25, 0.3) is 11.3 Å². The maximum atomic E-state index is 12.1. The van der Waals surface area contributed by atoms with Gasteiger partial charge in [0.2, 0.25) is 0 Å². The molecule has 0 saturated heterocycles. The third-order valence-corrected chi connectivity index (χ3v) is 4.66. The van der Waals surface area contributed by atoms with E-state index in [1.165, 1.54) is 0 Å². The molecule has 0 bridgehead atoms. The Morgan fingerprint density at radius 1 is 1.23 bits per heavy atom. The van der Waals surface area contributed by atoms with Gasteiger partial charge in [0.05, 0.1) is 6.61 Å². The molecule has 0 saturated carbocycles. The van der Waals surface area contributed by atoms with Crippen LogP contribution in [0.5, 0.6) is 0 Å². The van der Waals surface area contributed by atoms with Crippen LogP contribution in [-0.2, 0) is 11.2 Å². The van der Waals surface area contributed by atoms with Crippen LogP contribution in [0.2, 0.25) is 5.02 Å². The smallest absolute Gasteiger partial charge is 0.411 e. The average molecular weight is 436 g/mol. The van der Waals surface area contributed by atoms with E-state index in [1.54, 1.807) is 6.92 Å². The molecule has 3 aromatic rings. The minimum absolute atomic E-state index is 0.216. The molecule has 1 aromatic heterocycles. The van der Waals surface area contributed by atoms with Gasteiger partial charge in [-0.2, -0.15) is 0 Å². The monoisotopic (exact) mass is 434 g/mol. The van der Waals surface area contributed by atoms with Gasteiger partial charge in [0.15, 0.2) is 5.76 Å². The second-order valence-electron chi connectivity index (χ2n) is 5.58. The highest BCUT2D eigenvalue weighted by molar-refractivity contribution is 9.10. The topological polar surface area (TPSA) is 64.4 Å². The molecule has 0 fully saturated rings. The number of amides is 1. The number of anilines is 1. The lowest BCUT2D eigenvalue weighted by molar-refractivity contribution is 0.163. The lowest BCUT2D eigenvalue weighted by Gasteiger charge is -2.08. The summed E-state index contributed by atoms with van der Waals surface area (Å²) in [5.74, 6) is 0.484. The number of halogens is 2. The molecule has 2 aromatic carbocycles. The summed E-state index contributed by atoms with van der Waals surface area (Å²) >= 11 is 9.48. The maximum absolute atomic E-state index is 12.1. The number of benzene rings is 2. The number of carbonyl (C=O) groups is 1. The van der Waals surface area contributed by atoms with Crippen molar-refractivity contribution >= 4 is 39.3 Å². The maximum Gasteiger partial charge on any atom is 0.411 e. The Morgan fingerprint density at radius 2 is 1.96 bits per heavy atom. The molecule has 1 N–H and O–H groups in total. The first-order valence-corrected chi connectivity index (χ1v) is 9.11. The summed E-state index contributed by atoms with van der Waals surface area (Å²) in [6.45, 7) is 1.97. The van der Waals surface area contributed by atoms with Gasteiger partial charge in [-0.1, -0.05) is 50.9 Å². The fourth-order valence-electron chi connectivity index (χ4n) is 2.41. The van der Waals surface area contributed by atoms with Gasteiger partial charge < -0.3 is 9.26 Å². The Labute approximate surface area is 164 Å². The first-order chi connectivity index (χ1) is 12.5. The molecule has 0 radical (unpaired) electrons. The number of hydrogen-bond donors (Lipinski definition) is 1. The van der Waals surface area contributed by atoms with E-state index in [9.17, 15) is 4.79 Å². The van der Waals surface area contributed by atoms with Crippen LogP contribution in [0.15, 0.2) is 57.5 Å². The summed E-state index contributed by atoms with van der Waals surface area (Å²) < 4.78 is 11.6. The zero-order chi connectivity index (χ0) is 18.5. The van der Waals surface area contributed by atoms with E-state index >= 15 is 0 Å². The van der Waals surface area contributed by atoms with Crippen molar-refractivity contribution in [2.45, 2.75) is 13.3 Å². The summed E-state index contributed by atoms with van der Waals surface area (Å²) in [6, 6.07) is 15.0. The Hall–Kier alpha value is -2.31. The minimum atomic E-state index is -0.568. The molecular weight excluding hydrogens is 420 g/mol. The molecule has 26 heavy (non-hydrogen) atoms. The first-order valence-electron chi connectivity index (χ1n) is 7.94. The summed E-state index contributed by atoms with van der Waals surface area (Å²) in [7, 11) is 0. The normalized spacial score (nSPS) is 10.6. The van der Waals surface area contributed by atoms with E-state index in [4.69, 9.17) is 20.9 Å². The summed E-state index contributed by atoms with van der Waals surface area (Å²) in [5, 5.41) is 7.30. The second kappa shape index (κ2) is 8.38. The van der Waals surface area contributed by atoms with Crippen molar-refractivity contribution in [3.63, 3.8) is 0 Å². The molecule has 0 unspecified atom stereocenters. The Morgan fingerprint density at radius 3 is 2.69 bits per heavy atom. The predicted molar refractivity (Wildman–Crippen MR) is 105 cm³/mol. The van der Waals surface area contributed by atoms with Crippen LogP contribution in [0.3, 0.4) is 0 Å². The summed E-state index contributed by atoms with van der Waals surface area (Å²) in [4.78, 5) is 12.1. The zero-order valence-corrected chi connectivity index (χ0v) is 16.3. The molecule has 0 aliphatic heterocycles. The fourth-order valence-corrected chi connectivity index (χ4v) is 2.90. The Balaban J connectivity index is 1.63. The lowest BCUT2D eigenvalue weighted by atomic mass is 10.1. The van der Waals surface area contributed by atoms with E-state index in [0.717, 1.165) is 15.6 Å². The quantitative estimate of drug-likeness (QED) is 0.545. The van der Waals surface area contributed by atoms with Crippen LogP contribution < -0.4 is 5.32 Å². The van der Waals surface area contributed by atoms with Crippen LogP contribution in [0.1, 0.15) is 11.3 Å². The van der Waals surface area contributed by atoms with E-state index in [1.807, 2.05) is 48.5 Å². The molecule has 5 nitrogen and oxygen atoms in total. The molecule has 0 aliphatic rings. The third kappa shape index (κ3) is 4.45. The van der Waals surface area contributed by atoms with Gasteiger partial charge >= 0.3 is 6.09 Å². The largest absolute Gasteiger partial charge is 0.449 e. The number of nitrogens with one attached hydrogen (secondary N) is 1. The van der Waals surface area contributed by atoms with E-state index in [0.29, 0.717) is 28.6 Å². The van der Waals surface area contributed by atoms with Gasteiger partial charge in [-0.15, -0.1) is 0 Å². The number of carbonyl (C=O) groups excluding carboxylic acids is 1. The van der Waals surface area contributed by atoms with E-state index in [-0.39, 0.29) is 6.61 Å². The highest BCUT2D eigenvalue weighted by Gasteiger charge is 2.18. The van der Waals surface area contributed by atoms with Crippen molar-refractivity contribution in [1.29, 1.82) is 0 Å². The van der Waals surface area contributed by atoms with Crippen molar-refractivity contribution in [2.75, 3.05) is 11.9 Å². The number of rotatable bonds is 5. The molecule has 7 heteroatoms.